The van der Waals surface area contributed by atoms with Gasteiger partial charge in [-0.1, -0.05) is 0 Å². The normalized spacial score (nSPS) is 24.5. The number of halogens is 1. The Morgan fingerprint density at radius 2 is 2.18 bits per heavy atom. The van der Waals surface area contributed by atoms with E-state index in [1.807, 2.05) is 6.07 Å². The lowest BCUT2D eigenvalue weighted by molar-refractivity contribution is 0.102. The largest absolute Gasteiger partial charge is 0.369 e. The zero-order valence-corrected chi connectivity index (χ0v) is 19.0. The minimum atomic E-state index is -2.91. The van der Waals surface area contributed by atoms with Crippen LogP contribution in [0.4, 0.5) is 10.2 Å². The van der Waals surface area contributed by atoms with Crippen molar-refractivity contribution in [2.75, 3.05) is 24.2 Å². The van der Waals surface area contributed by atoms with Crippen LogP contribution in [-0.2, 0) is 15.5 Å². The predicted molar refractivity (Wildman–Crippen MR) is 121 cm³/mol. The molecule has 2 aromatic heterocycles. The van der Waals surface area contributed by atoms with E-state index in [9.17, 15) is 13.4 Å². The van der Waals surface area contributed by atoms with Gasteiger partial charge < -0.3 is 11.1 Å². The summed E-state index contributed by atoms with van der Waals surface area (Å²) in [4.78, 5) is 25.5. The van der Waals surface area contributed by atoms with Gasteiger partial charge in [0.1, 0.15) is 44.5 Å². The molecule has 0 radical (unpaired) electrons. The third-order valence-corrected chi connectivity index (χ3v) is 8.10. The van der Waals surface area contributed by atoms with Crippen molar-refractivity contribution in [3.63, 3.8) is 0 Å². The average molecular weight is 471 g/mol. The third-order valence-electron chi connectivity index (χ3n) is 5.51. The number of aromatic nitrogens is 2. The minimum absolute atomic E-state index is 0.0347. The molecule has 2 aromatic rings. The van der Waals surface area contributed by atoms with E-state index in [2.05, 4.69) is 24.6 Å². The Kier molecular flexibility index (Phi) is 5.75. The van der Waals surface area contributed by atoms with Gasteiger partial charge in [-0.25, -0.2) is 27.9 Å². The van der Waals surface area contributed by atoms with Gasteiger partial charge in [0.25, 0.3) is 5.91 Å². The zero-order valence-electron chi connectivity index (χ0n) is 18.2. The van der Waals surface area contributed by atoms with E-state index in [1.54, 1.807) is 19.9 Å². The van der Waals surface area contributed by atoms with Crippen molar-refractivity contribution in [1.29, 1.82) is 5.26 Å². The number of carbonyl (C=O) groups is 1. The maximum Gasteiger partial charge on any atom is 0.275 e. The number of rotatable bonds is 3. The van der Waals surface area contributed by atoms with Gasteiger partial charge in [-0.15, -0.1) is 0 Å². The highest BCUT2D eigenvalue weighted by Crippen LogP contribution is 2.35. The van der Waals surface area contributed by atoms with Crippen LogP contribution < -0.4 is 11.1 Å². The summed E-state index contributed by atoms with van der Waals surface area (Å²) >= 11 is 0. The molecule has 0 saturated carbocycles. The molecule has 0 aliphatic carbocycles. The van der Waals surface area contributed by atoms with E-state index in [4.69, 9.17) is 11.0 Å². The highest BCUT2D eigenvalue weighted by molar-refractivity contribution is 7.92. The van der Waals surface area contributed by atoms with Gasteiger partial charge in [0.05, 0.1) is 17.9 Å². The van der Waals surface area contributed by atoms with Gasteiger partial charge in [0.2, 0.25) is 5.96 Å². The summed E-state index contributed by atoms with van der Waals surface area (Å²) in [5, 5.41) is 11.6. The Labute approximate surface area is 191 Å². The summed E-state index contributed by atoms with van der Waals surface area (Å²) in [5.74, 6) is -1.18. The van der Waals surface area contributed by atoms with Crippen LogP contribution in [0, 0.1) is 24.1 Å². The first-order valence-corrected chi connectivity index (χ1v) is 12.0. The quantitative estimate of drug-likeness (QED) is 0.701. The van der Waals surface area contributed by atoms with Crippen LogP contribution >= 0.6 is 0 Å². The van der Waals surface area contributed by atoms with E-state index >= 15 is 0 Å². The number of fused-ring (bicyclic) bond motifs is 1. The topological polar surface area (TPSA) is 150 Å². The van der Waals surface area contributed by atoms with Crippen LogP contribution in [0.5, 0.6) is 0 Å². The van der Waals surface area contributed by atoms with Crippen molar-refractivity contribution >= 4 is 27.6 Å². The monoisotopic (exact) mass is 470 g/mol. The fourth-order valence-electron chi connectivity index (χ4n) is 3.94. The van der Waals surface area contributed by atoms with E-state index in [1.165, 1.54) is 16.6 Å². The number of nitrogens with zero attached hydrogens (tertiary/aromatic N) is 6. The van der Waals surface area contributed by atoms with Crippen LogP contribution in [-0.4, -0.2) is 49.2 Å². The fraction of sp³-hybridized carbons (Fsp3) is 0.381. The maximum atomic E-state index is 14.9. The van der Waals surface area contributed by atoms with Crippen molar-refractivity contribution in [2.45, 2.75) is 32.2 Å². The molecule has 1 amide bonds. The molecular weight excluding hydrogens is 447 g/mol. The lowest BCUT2D eigenvalue weighted by Gasteiger charge is -2.37. The van der Waals surface area contributed by atoms with Gasteiger partial charge in [-0.2, -0.15) is 5.26 Å². The van der Waals surface area contributed by atoms with E-state index in [0.717, 1.165) is 18.9 Å². The number of pyridine rings is 2. The number of nitrogens with one attached hydrogen (secondary N) is 1. The number of guanidine groups is 1. The van der Waals surface area contributed by atoms with Crippen molar-refractivity contribution < 1.29 is 13.4 Å². The molecule has 3 N–H and O–H groups in total. The molecule has 2 atom stereocenters. The van der Waals surface area contributed by atoms with Gasteiger partial charge >= 0.3 is 0 Å². The second-order valence-corrected chi connectivity index (χ2v) is 10.3. The second kappa shape index (κ2) is 8.40. The fourth-order valence-corrected chi connectivity index (χ4v) is 6.42. The van der Waals surface area contributed by atoms with Crippen molar-refractivity contribution in [2.24, 2.45) is 15.1 Å². The Balaban J connectivity index is 1.68. The number of hydrogen-bond acceptors (Lipinski definition) is 8. The highest BCUT2D eigenvalue weighted by Gasteiger charge is 2.43. The molecule has 172 valence electrons. The molecule has 33 heavy (non-hydrogen) atoms. The molecule has 2 aliphatic heterocycles. The molecule has 0 aromatic carbocycles. The predicted octanol–water partition coefficient (Wildman–Crippen LogP) is 2.07. The smallest absolute Gasteiger partial charge is 0.275 e. The highest BCUT2D eigenvalue weighted by atomic mass is 32.2. The molecule has 0 saturated heterocycles. The summed E-state index contributed by atoms with van der Waals surface area (Å²) in [6.45, 7) is 4.16. The molecule has 2 aliphatic rings. The maximum absolute atomic E-state index is 14.9. The summed E-state index contributed by atoms with van der Waals surface area (Å²) in [5.41, 5.74) is 5.66. The average Bonchev–Trinajstić information content (AvgIpc) is 2.95. The van der Waals surface area contributed by atoms with Crippen LogP contribution in [0.25, 0.3) is 0 Å². The van der Waals surface area contributed by atoms with Gasteiger partial charge in [-0.3, -0.25) is 9.10 Å². The van der Waals surface area contributed by atoms with Crippen molar-refractivity contribution in [3.8, 4) is 6.07 Å². The second-order valence-electron chi connectivity index (χ2n) is 8.14. The minimum Gasteiger partial charge on any atom is -0.369 e. The number of carbonyl (C=O) groups excluding carboxylic acids is 1. The zero-order chi connectivity index (χ0) is 23.8. The van der Waals surface area contributed by atoms with Gasteiger partial charge in [0, 0.05) is 12.7 Å². The molecule has 12 heteroatoms. The summed E-state index contributed by atoms with van der Waals surface area (Å²) in [6, 6.07) is 5.99. The molecule has 1 unspecified atom stereocenters. The lowest BCUT2D eigenvalue weighted by Crippen LogP contribution is -2.52. The number of nitrogens with two attached hydrogens (primary N) is 1. The van der Waals surface area contributed by atoms with Crippen LogP contribution in [0.1, 0.15) is 47.1 Å². The number of anilines is 1. The molecule has 4 rings (SSSR count). The summed E-state index contributed by atoms with van der Waals surface area (Å²) in [7, 11) is -2.91. The summed E-state index contributed by atoms with van der Waals surface area (Å²) < 4.78 is 34.4. The number of nitriles is 1. The van der Waals surface area contributed by atoms with E-state index < -0.39 is 27.2 Å². The van der Waals surface area contributed by atoms with Crippen LogP contribution in [0.3, 0.4) is 0 Å². The first-order chi connectivity index (χ1) is 15.6. The third kappa shape index (κ3) is 4.23. The van der Waals surface area contributed by atoms with Gasteiger partial charge in [-0.05, 0) is 50.5 Å². The SMILES string of the molecule is Cc1cc(C#N)cnc1C(=O)Nc1ccc(F)c([C@]2(C)CS3(=O)=NCCCCN3C(N)=N2)n1. The lowest BCUT2D eigenvalue weighted by atomic mass is 10.00. The standard InChI is InChI=1S/C21H23FN8O2S/c1-13-9-14(10-23)11-25-17(13)19(31)28-16-6-5-15(22)18(27-16)21(2)12-33(32)26-7-3-4-8-30(33)20(24)29-21/h5-6,9,11H,3-4,7-8,12H2,1-2H3,(H2,24,29)(H,27,28,31)/t21-,33?/m0/s1. The first kappa shape index (κ1) is 22.6. The number of aryl methyl sites for hydroxylation is 1. The Morgan fingerprint density at radius 3 is 2.91 bits per heavy atom. The van der Waals surface area contributed by atoms with E-state index in [0.29, 0.717) is 24.2 Å². The number of aliphatic imine (C=N–C) groups is 1. The molecule has 0 bridgehead atoms. The van der Waals surface area contributed by atoms with Crippen molar-refractivity contribution in [1.82, 2.24) is 14.3 Å². The molecule has 0 spiro atoms. The molecule has 4 heterocycles. The number of hydrogen-bond donors (Lipinski definition) is 2. The number of amides is 1. The first-order valence-electron chi connectivity index (χ1n) is 10.3. The molecular formula is C21H23FN8O2S. The van der Waals surface area contributed by atoms with Crippen molar-refractivity contribution in [3.05, 3.63) is 52.7 Å². The Hall–Kier alpha value is -3.59. The van der Waals surface area contributed by atoms with Crippen LogP contribution in [0.15, 0.2) is 33.8 Å². The molecule has 0 fully saturated rings. The van der Waals surface area contributed by atoms with Gasteiger partial charge in [0.15, 0.2) is 0 Å². The Morgan fingerprint density at radius 1 is 1.39 bits per heavy atom. The Bertz CT molecular complexity index is 1330. The molecule has 10 nitrogen and oxygen atoms in total. The summed E-state index contributed by atoms with van der Waals surface area (Å²) in [6.07, 6.45) is 2.86. The van der Waals surface area contributed by atoms with Crippen LogP contribution in [0.2, 0.25) is 0 Å². The van der Waals surface area contributed by atoms with E-state index in [-0.39, 0.29) is 28.9 Å².